The number of aromatic nitrogens is 1. The first-order valence-corrected chi connectivity index (χ1v) is 6.45. The van der Waals surface area contributed by atoms with Gasteiger partial charge in [-0.25, -0.2) is 0 Å². The summed E-state index contributed by atoms with van der Waals surface area (Å²) in [4.78, 5) is 0. The number of aliphatic hydroxyl groups is 1. The smallest absolute Gasteiger partial charge is 0.0807 e. The van der Waals surface area contributed by atoms with Crippen LogP contribution in [0.15, 0.2) is 12.3 Å². The van der Waals surface area contributed by atoms with Crippen molar-refractivity contribution in [2.75, 3.05) is 0 Å². The molecule has 2 heteroatoms. The molecule has 0 aromatic carbocycles. The third-order valence-electron chi connectivity index (χ3n) is 3.99. The maximum absolute atomic E-state index is 9.90. The fourth-order valence-corrected chi connectivity index (χ4v) is 2.42. The van der Waals surface area contributed by atoms with E-state index in [1.54, 1.807) is 0 Å². The molecule has 1 aromatic heterocycles. The molecule has 90 valence electrons. The van der Waals surface area contributed by atoms with Gasteiger partial charge in [-0.2, -0.15) is 0 Å². The summed E-state index contributed by atoms with van der Waals surface area (Å²) in [6.07, 6.45) is 5.10. The first kappa shape index (κ1) is 11.7. The van der Waals surface area contributed by atoms with Crippen LogP contribution in [0.2, 0.25) is 0 Å². The number of aliphatic hydroxyl groups excluding tert-OH is 1. The summed E-state index contributed by atoms with van der Waals surface area (Å²) in [5.74, 6) is 1.40. The monoisotopic (exact) mass is 221 g/mol. The van der Waals surface area contributed by atoms with Gasteiger partial charge in [0.1, 0.15) is 0 Å². The van der Waals surface area contributed by atoms with Gasteiger partial charge in [0, 0.05) is 24.0 Å². The molecule has 0 radical (unpaired) electrons. The number of fused-ring (bicyclic) bond motifs is 1. The average Bonchev–Trinajstić information content (AvgIpc) is 2.63. The summed E-state index contributed by atoms with van der Waals surface area (Å²) in [6.45, 7) is 7.93. The number of nitrogens with zero attached hydrogens (tertiary/aromatic N) is 1. The largest absolute Gasteiger partial charge is 0.388 e. The second-order valence-corrected chi connectivity index (χ2v) is 5.50. The zero-order valence-electron chi connectivity index (χ0n) is 10.6. The molecule has 1 aromatic rings. The molecule has 0 fully saturated rings. The molecule has 2 nitrogen and oxygen atoms in total. The van der Waals surface area contributed by atoms with E-state index in [9.17, 15) is 5.11 Å². The highest BCUT2D eigenvalue weighted by molar-refractivity contribution is 5.27. The highest BCUT2D eigenvalue weighted by Gasteiger charge is 2.21. The molecule has 1 N–H and O–H groups in total. The maximum atomic E-state index is 9.90. The van der Waals surface area contributed by atoms with Crippen molar-refractivity contribution in [1.29, 1.82) is 0 Å². The Kier molecular flexibility index (Phi) is 3.38. The molecule has 1 aliphatic carbocycles. The minimum atomic E-state index is -0.223. The molecule has 2 unspecified atom stereocenters. The summed E-state index contributed by atoms with van der Waals surface area (Å²) in [6, 6.07) is 2.10. The van der Waals surface area contributed by atoms with Gasteiger partial charge in [-0.3, -0.25) is 0 Å². The Labute approximate surface area is 98.3 Å². The molecule has 1 heterocycles. The van der Waals surface area contributed by atoms with Crippen molar-refractivity contribution < 1.29 is 5.11 Å². The highest BCUT2D eigenvalue weighted by atomic mass is 16.3. The lowest BCUT2D eigenvalue weighted by atomic mass is 9.94. The fraction of sp³-hybridized carbons (Fsp3) is 0.714. The van der Waals surface area contributed by atoms with Crippen molar-refractivity contribution in [1.82, 2.24) is 4.57 Å². The van der Waals surface area contributed by atoms with Gasteiger partial charge in [0.2, 0.25) is 0 Å². The molecule has 2 rings (SSSR count). The molecular weight excluding hydrogens is 198 g/mol. The molecule has 0 saturated heterocycles. The van der Waals surface area contributed by atoms with Gasteiger partial charge in [-0.15, -0.1) is 0 Å². The van der Waals surface area contributed by atoms with E-state index in [2.05, 4.69) is 37.6 Å². The van der Waals surface area contributed by atoms with Crippen molar-refractivity contribution in [3.63, 3.8) is 0 Å². The van der Waals surface area contributed by atoms with Gasteiger partial charge in [0.15, 0.2) is 0 Å². The summed E-state index contributed by atoms with van der Waals surface area (Å²) < 4.78 is 2.35. The van der Waals surface area contributed by atoms with Crippen LogP contribution in [0.5, 0.6) is 0 Å². The van der Waals surface area contributed by atoms with Crippen LogP contribution in [-0.2, 0) is 13.0 Å². The number of hydrogen-bond donors (Lipinski definition) is 1. The van der Waals surface area contributed by atoms with Crippen LogP contribution in [0.3, 0.4) is 0 Å². The van der Waals surface area contributed by atoms with Crippen LogP contribution in [0.4, 0.5) is 0 Å². The summed E-state index contributed by atoms with van der Waals surface area (Å²) >= 11 is 0. The Morgan fingerprint density at radius 2 is 2.19 bits per heavy atom. The van der Waals surface area contributed by atoms with Crippen molar-refractivity contribution in [3.05, 3.63) is 23.5 Å². The van der Waals surface area contributed by atoms with Crippen molar-refractivity contribution in [2.45, 2.75) is 52.7 Å². The molecule has 2 atom stereocenters. The standard InChI is InChI=1S/C14H23NO/c1-10(2)11(3)9-15-8-7-12-13(15)5-4-6-14(12)16/h7-8,10-11,14,16H,4-6,9H2,1-3H3. The summed E-state index contributed by atoms with van der Waals surface area (Å²) in [7, 11) is 0. The van der Waals surface area contributed by atoms with Crippen LogP contribution < -0.4 is 0 Å². The van der Waals surface area contributed by atoms with E-state index < -0.39 is 0 Å². The first-order chi connectivity index (χ1) is 7.59. The lowest BCUT2D eigenvalue weighted by Gasteiger charge is -2.23. The van der Waals surface area contributed by atoms with Crippen LogP contribution in [0.25, 0.3) is 0 Å². The number of hydrogen-bond acceptors (Lipinski definition) is 1. The van der Waals surface area contributed by atoms with E-state index in [-0.39, 0.29) is 6.10 Å². The third-order valence-corrected chi connectivity index (χ3v) is 3.99. The summed E-state index contributed by atoms with van der Waals surface area (Å²) in [5, 5.41) is 9.90. The van der Waals surface area contributed by atoms with E-state index in [0.717, 1.165) is 25.8 Å². The summed E-state index contributed by atoms with van der Waals surface area (Å²) in [5.41, 5.74) is 2.54. The minimum absolute atomic E-state index is 0.223. The quantitative estimate of drug-likeness (QED) is 0.833. The second-order valence-electron chi connectivity index (χ2n) is 5.50. The van der Waals surface area contributed by atoms with Gasteiger partial charge in [-0.05, 0) is 37.2 Å². The molecule has 0 aliphatic heterocycles. The Bertz CT molecular complexity index is 354. The Hall–Kier alpha value is -0.760. The first-order valence-electron chi connectivity index (χ1n) is 6.45. The topological polar surface area (TPSA) is 25.2 Å². The lowest BCUT2D eigenvalue weighted by Crippen LogP contribution is -2.17. The predicted octanol–water partition coefficient (Wildman–Crippen LogP) is 3.15. The normalized spacial score (nSPS) is 22.2. The van der Waals surface area contributed by atoms with E-state index in [1.807, 2.05) is 0 Å². The second kappa shape index (κ2) is 4.62. The molecular formula is C14H23NO. The zero-order valence-corrected chi connectivity index (χ0v) is 10.6. The highest BCUT2D eigenvalue weighted by Crippen LogP contribution is 2.31. The maximum Gasteiger partial charge on any atom is 0.0807 e. The average molecular weight is 221 g/mol. The zero-order chi connectivity index (χ0) is 11.7. The van der Waals surface area contributed by atoms with Crippen LogP contribution in [0, 0.1) is 11.8 Å². The molecule has 0 saturated carbocycles. The van der Waals surface area contributed by atoms with Crippen LogP contribution in [-0.4, -0.2) is 9.67 Å². The fourth-order valence-electron chi connectivity index (χ4n) is 2.42. The SMILES string of the molecule is CC(C)C(C)Cn1ccc2c1CCCC2O. The van der Waals surface area contributed by atoms with Crippen LogP contribution in [0.1, 0.15) is 51.0 Å². The van der Waals surface area contributed by atoms with Crippen molar-refractivity contribution in [2.24, 2.45) is 11.8 Å². The Morgan fingerprint density at radius 1 is 1.44 bits per heavy atom. The third kappa shape index (κ3) is 2.17. The van der Waals surface area contributed by atoms with Gasteiger partial charge in [-0.1, -0.05) is 20.8 Å². The van der Waals surface area contributed by atoms with Gasteiger partial charge in [0.05, 0.1) is 6.10 Å². The minimum Gasteiger partial charge on any atom is -0.388 e. The van der Waals surface area contributed by atoms with Gasteiger partial charge >= 0.3 is 0 Å². The van der Waals surface area contributed by atoms with Crippen molar-refractivity contribution >= 4 is 0 Å². The van der Waals surface area contributed by atoms with E-state index in [0.29, 0.717) is 11.8 Å². The molecule has 16 heavy (non-hydrogen) atoms. The predicted molar refractivity (Wildman–Crippen MR) is 66.3 cm³/mol. The molecule has 1 aliphatic rings. The Balaban J connectivity index is 2.17. The van der Waals surface area contributed by atoms with Crippen molar-refractivity contribution in [3.8, 4) is 0 Å². The van der Waals surface area contributed by atoms with Gasteiger partial charge < -0.3 is 9.67 Å². The van der Waals surface area contributed by atoms with E-state index in [4.69, 9.17) is 0 Å². The van der Waals surface area contributed by atoms with E-state index in [1.165, 1.54) is 11.3 Å². The van der Waals surface area contributed by atoms with Crippen LogP contribution >= 0.6 is 0 Å². The van der Waals surface area contributed by atoms with Gasteiger partial charge in [0.25, 0.3) is 0 Å². The Morgan fingerprint density at radius 3 is 2.88 bits per heavy atom. The van der Waals surface area contributed by atoms with E-state index >= 15 is 0 Å². The number of rotatable bonds is 3. The molecule has 0 amide bonds. The molecule has 0 bridgehead atoms. The molecule has 0 spiro atoms. The lowest BCUT2D eigenvalue weighted by molar-refractivity contribution is 0.155.